The van der Waals surface area contributed by atoms with E-state index in [1.54, 1.807) is 0 Å². The van der Waals surface area contributed by atoms with Gasteiger partial charge >= 0.3 is 0 Å². The van der Waals surface area contributed by atoms with E-state index in [9.17, 15) is 0 Å². The van der Waals surface area contributed by atoms with Gasteiger partial charge < -0.3 is 4.74 Å². The van der Waals surface area contributed by atoms with Crippen molar-refractivity contribution in [2.45, 2.75) is 46.1 Å². The molecule has 0 bridgehead atoms. The van der Waals surface area contributed by atoms with E-state index in [0.717, 1.165) is 11.3 Å². The average Bonchev–Trinajstić information content (AvgIpc) is 2.21. The molecule has 0 N–H and O–H groups in total. The van der Waals surface area contributed by atoms with Gasteiger partial charge in [-0.05, 0) is 37.0 Å². The van der Waals surface area contributed by atoms with Crippen molar-refractivity contribution in [1.82, 2.24) is 0 Å². The van der Waals surface area contributed by atoms with Crippen LogP contribution in [-0.4, -0.2) is 6.10 Å². The standard InChI is InChI=1S/C14H19NO/c1-10(2)13-6-5-11(3)14(9-13)16-12(4)7-8-15/h5-6,9-10,12H,7H2,1-4H3. The summed E-state index contributed by atoms with van der Waals surface area (Å²) in [6.45, 7) is 8.27. The molecule has 0 spiro atoms. The number of ether oxygens (including phenoxy) is 1. The molecular formula is C14H19NO. The predicted octanol–water partition coefficient (Wildman–Crippen LogP) is 3.80. The first-order valence-electron chi connectivity index (χ1n) is 5.68. The van der Waals surface area contributed by atoms with Crippen LogP contribution in [0.4, 0.5) is 0 Å². The lowest BCUT2D eigenvalue weighted by molar-refractivity contribution is 0.225. The molecular weight excluding hydrogens is 198 g/mol. The Kier molecular flexibility index (Phi) is 4.37. The van der Waals surface area contributed by atoms with Crippen molar-refractivity contribution in [3.63, 3.8) is 0 Å². The molecule has 0 saturated heterocycles. The Morgan fingerprint density at radius 2 is 2.00 bits per heavy atom. The molecule has 0 fully saturated rings. The highest BCUT2D eigenvalue weighted by atomic mass is 16.5. The minimum atomic E-state index is -0.0499. The second kappa shape index (κ2) is 5.55. The van der Waals surface area contributed by atoms with Gasteiger partial charge in [0.05, 0.1) is 12.5 Å². The summed E-state index contributed by atoms with van der Waals surface area (Å²) in [5.74, 6) is 1.39. The molecule has 0 aliphatic rings. The third kappa shape index (κ3) is 3.27. The Bertz CT molecular complexity index is 390. The quantitative estimate of drug-likeness (QED) is 0.768. The highest BCUT2D eigenvalue weighted by molar-refractivity contribution is 5.37. The summed E-state index contributed by atoms with van der Waals surface area (Å²) in [6.07, 6.45) is 0.372. The Balaban J connectivity index is 2.86. The van der Waals surface area contributed by atoms with Crippen molar-refractivity contribution < 1.29 is 4.74 Å². The number of nitrogens with zero attached hydrogens (tertiary/aromatic N) is 1. The molecule has 1 aromatic carbocycles. The molecule has 1 atom stereocenters. The lowest BCUT2D eigenvalue weighted by Gasteiger charge is -2.16. The lowest BCUT2D eigenvalue weighted by atomic mass is 10.0. The van der Waals surface area contributed by atoms with Crippen LogP contribution in [0, 0.1) is 18.3 Å². The first kappa shape index (κ1) is 12.6. The molecule has 0 amide bonds. The Labute approximate surface area is 97.9 Å². The molecule has 0 aliphatic heterocycles. The number of aryl methyl sites for hydroxylation is 1. The second-order valence-electron chi connectivity index (χ2n) is 4.47. The Morgan fingerprint density at radius 1 is 1.31 bits per heavy atom. The summed E-state index contributed by atoms with van der Waals surface area (Å²) < 4.78 is 5.75. The lowest BCUT2D eigenvalue weighted by Crippen LogP contribution is -2.11. The average molecular weight is 217 g/mol. The van der Waals surface area contributed by atoms with E-state index in [1.807, 2.05) is 13.8 Å². The molecule has 0 saturated carbocycles. The van der Waals surface area contributed by atoms with Crippen molar-refractivity contribution in [3.05, 3.63) is 29.3 Å². The first-order valence-corrected chi connectivity index (χ1v) is 5.68. The van der Waals surface area contributed by atoms with E-state index < -0.39 is 0 Å². The van der Waals surface area contributed by atoms with E-state index in [1.165, 1.54) is 5.56 Å². The molecule has 0 radical (unpaired) electrons. The maximum absolute atomic E-state index is 8.60. The second-order valence-corrected chi connectivity index (χ2v) is 4.47. The van der Waals surface area contributed by atoms with Crippen LogP contribution in [0.15, 0.2) is 18.2 Å². The van der Waals surface area contributed by atoms with Gasteiger partial charge in [-0.25, -0.2) is 0 Å². The molecule has 1 rings (SSSR count). The molecule has 1 aromatic rings. The van der Waals surface area contributed by atoms with E-state index in [-0.39, 0.29) is 6.10 Å². The fraction of sp³-hybridized carbons (Fsp3) is 0.500. The summed E-state index contributed by atoms with van der Waals surface area (Å²) >= 11 is 0. The van der Waals surface area contributed by atoms with Crippen molar-refractivity contribution in [2.24, 2.45) is 0 Å². The number of rotatable bonds is 4. The summed E-state index contributed by atoms with van der Waals surface area (Å²) in [5.41, 5.74) is 2.39. The van der Waals surface area contributed by atoms with Crippen LogP contribution in [-0.2, 0) is 0 Å². The van der Waals surface area contributed by atoms with E-state index >= 15 is 0 Å². The third-order valence-corrected chi connectivity index (χ3v) is 2.59. The molecule has 86 valence electrons. The summed E-state index contributed by atoms with van der Waals surface area (Å²) in [4.78, 5) is 0. The maximum atomic E-state index is 8.60. The van der Waals surface area contributed by atoms with E-state index in [2.05, 4.69) is 38.1 Å². The van der Waals surface area contributed by atoms with Crippen molar-refractivity contribution >= 4 is 0 Å². The zero-order chi connectivity index (χ0) is 12.1. The fourth-order valence-electron chi connectivity index (χ4n) is 1.49. The molecule has 16 heavy (non-hydrogen) atoms. The van der Waals surface area contributed by atoms with Crippen molar-refractivity contribution in [2.75, 3.05) is 0 Å². The normalized spacial score (nSPS) is 12.2. The smallest absolute Gasteiger partial charge is 0.122 e. The van der Waals surface area contributed by atoms with Crippen molar-refractivity contribution in [3.8, 4) is 11.8 Å². The Hall–Kier alpha value is -1.49. The monoisotopic (exact) mass is 217 g/mol. The third-order valence-electron chi connectivity index (χ3n) is 2.59. The van der Waals surface area contributed by atoms with Crippen LogP contribution in [0.3, 0.4) is 0 Å². The summed E-state index contributed by atoms with van der Waals surface area (Å²) in [6, 6.07) is 8.40. The van der Waals surface area contributed by atoms with Crippen LogP contribution in [0.2, 0.25) is 0 Å². The molecule has 1 unspecified atom stereocenters. The van der Waals surface area contributed by atoms with Gasteiger partial charge in [0.2, 0.25) is 0 Å². The number of hydrogen-bond donors (Lipinski definition) is 0. The zero-order valence-corrected chi connectivity index (χ0v) is 10.4. The summed E-state index contributed by atoms with van der Waals surface area (Å²) in [7, 11) is 0. The van der Waals surface area contributed by atoms with E-state index in [4.69, 9.17) is 10.00 Å². The molecule has 0 aromatic heterocycles. The minimum Gasteiger partial charge on any atom is -0.489 e. The number of nitriles is 1. The SMILES string of the molecule is Cc1ccc(C(C)C)cc1OC(C)CC#N. The van der Waals surface area contributed by atoms with Gasteiger partial charge in [0, 0.05) is 0 Å². The molecule has 0 heterocycles. The van der Waals surface area contributed by atoms with Gasteiger partial charge in [-0.3, -0.25) is 0 Å². The minimum absolute atomic E-state index is 0.0499. The predicted molar refractivity (Wildman–Crippen MR) is 65.6 cm³/mol. The number of hydrogen-bond acceptors (Lipinski definition) is 2. The summed E-state index contributed by atoms with van der Waals surface area (Å²) in [5, 5.41) is 8.60. The van der Waals surface area contributed by atoms with Crippen molar-refractivity contribution in [1.29, 1.82) is 5.26 Å². The van der Waals surface area contributed by atoms with Gasteiger partial charge in [-0.1, -0.05) is 26.0 Å². The molecule has 2 nitrogen and oxygen atoms in total. The Morgan fingerprint density at radius 3 is 2.56 bits per heavy atom. The topological polar surface area (TPSA) is 33.0 Å². The van der Waals surface area contributed by atoms with Gasteiger partial charge in [-0.15, -0.1) is 0 Å². The fourth-order valence-corrected chi connectivity index (χ4v) is 1.49. The van der Waals surface area contributed by atoms with Gasteiger partial charge in [0.1, 0.15) is 11.9 Å². The van der Waals surface area contributed by atoms with Gasteiger partial charge in [0.15, 0.2) is 0 Å². The molecule has 2 heteroatoms. The zero-order valence-electron chi connectivity index (χ0n) is 10.4. The maximum Gasteiger partial charge on any atom is 0.122 e. The van der Waals surface area contributed by atoms with E-state index in [0.29, 0.717) is 12.3 Å². The number of benzene rings is 1. The highest BCUT2D eigenvalue weighted by Crippen LogP contribution is 2.25. The highest BCUT2D eigenvalue weighted by Gasteiger charge is 2.08. The van der Waals surface area contributed by atoms with Crippen LogP contribution in [0.5, 0.6) is 5.75 Å². The largest absolute Gasteiger partial charge is 0.489 e. The molecule has 0 aliphatic carbocycles. The van der Waals surface area contributed by atoms with Crippen LogP contribution >= 0.6 is 0 Å². The van der Waals surface area contributed by atoms with Gasteiger partial charge in [-0.2, -0.15) is 5.26 Å². The van der Waals surface area contributed by atoms with Gasteiger partial charge in [0.25, 0.3) is 0 Å². The first-order chi connectivity index (χ1) is 7.54. The van der Waals surface area contributed by atoms with Crippen LogP contribution in [0.1, 0.15) is 44.2 Å². The van der Waals surface area contributed by atoms with Crippen LogP contribution < -0.4 is 4.74 Å². The van der Waals surface area contributed by atoms with Crippen LogP contribution in [0.25, 0.3) is 0 Å².